The minimum Gasteiger partial charge on any atom is -0.506 e. The Bertz CT molecular complexity index is 2020. The van der Waals surface area contributed by atoms with Crippen LogP contribution in [0.15, 0.2) is 71.2 Å². The number of benzene rings is 2. The van der Waals surface area contributed by atoms with E-state index in [0.717, 1.165) is 53.9 Å². The molecule has 0 saturated carbocycles. The molecule has 9 nitrogen and oxygen atoms in total. The highest BCUT2D eigenvalue weighted by atomic mass is 127. The van der Waals surface area contributed by atoms with Gasteiger partial charge in [0.25, 0.3) is 10.1 Å². The van der Waals surface area contributed by atoms with Gasteiger partial charge in [-0.25, -0.2) is 0 Å². The van der Waals surface area contributed by atoms with Crippen molar-refractivity contribution in [2.75, 3.05) is 23.7 Å². The molecule has 2 N–H and O–H groups in total. The van der Waals surface area contributed by atoms with Gasteiger partial charge >= 0.3 is 5.97 Å². The Kier molecular flexibility index (Phi) is 11.4. The fourth-order valence-corrected chi connectivity index (χ4v) is 8.67. The van der Waals surface area contributed by atoms with Crippen molar-refractivity contribution in [2.24, 2.45) is 0 Å². The maximum atomic E-state index is 13.9. The summed E-state index contributed by atoms with van der Waals surface area (Å²) in [6, 6.07) is 12.4. The second-order valence-corrected chi connectivity index (χ2v) is 19.5. The third-order valence-electron chi connectivity index (χ3n) is 9.74. The molecule has 0 fully saturated rings. The average Bonchev–Trinajstić information content (AvgIpc) is 3.34. The third kappa shape index (κ3) is 8.49. The zero-order valence-corrected chi connectivity index (χ0v) is 35.4. The Labute approximate surface area is 329 Å². The summed E-state index contributed by atoms with van der Waals surface area (Å²) in [5.74, 6) is -0.908. The monoisotopic (exact) mass is 941 g/mol. The number of hydrogen-bond donors (Lipinski definition) is 2. The maximum Gasteiger partial charge on any atom is 0.306 e. The van der Waals surface area contributed by atoms with Crippen LogP contribution in [0.5, 0.6) is 0 Å². The molecule has 12 heteroatoms. The van der Waals surface area contributed by atoms with Crippen LogP contribution in [0.25, 0.3) is 0 Å². The summed E-state index contributed by atoms with van der Waals surface area (Å²) in [7, 11) is -4.14. The van der Waals surface area contributed by atoms with Crippen LogP contribution < -0.4 is 4.90 Å². The Balaban J connectivity index is 1.46. The van der Waals surface area contributed by atoms with Crippen molar-refractivity contribution in [2.45, 2.75) is 97.0 Å². The van der Waals surface area contributed by atoms with Crippen molar-refractivity contribution in [3.05, 3.63) is 89.4 Å². The number of carbonyl (C=O) groups is 2. The van der Waals surface area contributed by atoms with Crippen LogP contribution in [-0.4, -0.2) is 64.6 Å². The number of anilines is 1. The van der Waals surface area contributed by atoms with Crippen LogP contribution in [0.2, 0.25) is 0 Å². The van der Waals surface area contributed by atoms with Crippen LogP contribution in [0, 0.1) is 7.14 Å². The number of aliphatic hydroxyl groups excluding tert-OH is 1. The van der Waals surface area contributed by atoms with E-state index in [2.05, 4.69) is 102 Å². The normalized spacial score (nSPS) is 19.6. The summed E-state index contributed by atoms with van der Waals surface area (Å²) >= 11 is 4.57. The summed E-state index contributed by atoms with van der Waals surface area (Å²) in [5.41, 5.74) is 4.82. The van der Waals surface area contributed by atoms with Crippen LogP contribution in [0.1, 0.15) is 91.7 Å². The molecule has 2 aromatic rings. The first-order valence-electron chi connectivity index (χ1n) is 17.2. The highest BCUT2D eigenvalue weighted by Crippen LogP contribution is 2.50. The first-order valence-corrected chi connectivity index (χ1v) is 21.0. The first-order chi connectivity index (χ1) is 23.6. The standard InChI is InChI=1S/C39H46I2N2O7S/c1-37(2,3)50-34(44)12-9-8-10-17-42-30-15-13-24(40)20-28(30)38(4,5)32(42)22-26-35(45)27(36(26)46)23-33-39(6,7)29-21-25(41)14-16-31(29)43(33)18-11-19-51(47,48)49/h13-16,20-23H,8-12,17-19H2,1-7H3,(H-,45,46,47,48,49)/p+1. The molecule has 0 spiro atoms. The minimum atomic E-state index is -4.14. The topological polar surface area (TPSA) is 124 Å². The summed E-state index contributed by atoms with van der Waals surface area (Å²) in [5, 5.41) is 11.5. The van der Waals surface area contributed by atoms with Crippen LogP contribution >= 0.6 is 45.2 Å². The lowest BCUT2D eigenvalue weighted by molar-refractivity contribution is -0.437. The maximum absolute atomic E-state index is 13.9. The Morgan fingerprint density at radius 1 is 0.941 bits per heavy atom. The van der Waals surface area contributed by atoms with Gasteiger partial charge in [0, 0.05) is 61.0 Å². The predicted molar refractivity (Wildman–Crippen MR) is 218 cm³/mol. The molecule has 1 aliphatic carbocycles. The zero-order chi connectivity index (χ0) is 37.7. The predicted octanol–water partition coefficient (Wildman–Crippen LogP) is 8.45. The number of rotatable bonds is 12. The van der Waals surface area contributed by atoms with Crippen molar-refractivity contribution in [1.29, 1.82) is 0 Å². The lowest BCUT2D eigenvalue weighted by Crippen LogP contribution is -2.32. The van der Waals surface area contributed by atoms with Crippen molar-refractivity contribution in [3.63, 3.8) is 0 Å². The van der Waals surface area contributed by atoms with E-state index in [1.165, 1.54) is 0 Å². The number of carbonyl (C=O) groups excluding carboxylic acids is 2. The van der Waals surface area contributed by atoms with Crippen LogP contribution in [-0.2, 0) is 35.3 Å². The molecule has 2 aromatic carbocycles. The number of unbranched alkanes of at least 4 members (excludes halogenated alkanes) is 2. The molecule has 0 radical (unpaired) electrons. The van der Waals surface area contributed by atoms with Gasteiger partial charge in [-0.3, -0.25) is 14.1 Å². The molecule has 3 aliphatic rings. The van der Waals surface area contributed by atoms with Crippen molar-refractivity contribution >= 4 is 84.1 Å². The van der Waals surface area contributed by atoms with E-state index < -0.39 is 26.5 Å². The number of ether oxygens (including phenoxy) is 1. The largest absolute Gasteiger partial charge is 0.506 e. The van der Waals surface area contributed by atoms with Crippen molar-refractivity contribution in [3.8, 4) is 0 Å². The smallest absolute Gasteiger partial charge is 0.306 e. The van der Waals surface area contributed by atoms with Gasteiger partial charge in [0.1, 0.15) is 17.9 Å². The van der Waals surface area contributed by atoms with E-state index in [4.69, 9.17) is 4.74 Å². The highest BCUT2D eigenvalue weighted by molar-refractivity contribution is 14.1. The molecular weight excluding hydrogens is 894 g/mol. The van der Waals surface area contributed by atoms with E-state index in [1.807, 2.05) is 43.6 Å². The number of Topliss-reactive ketones (excluding diaryl/α,β-unsaturated/α-hetero) is 1. The Hall–Kier alpha value is -2.56. The van der Waals surface area contributed by atoms with E-state index in [1.54, 1.807) is 6.08 Å². The van der Waals surface area contributed by atoms with Gasteiger partial charge in [0.05, 0.1) is 22.3 Å². The quantitative estimate of drug-likeness (QED) is 0.0543. The van der Waals surface area contributed by atoms with Gasteiger partial charge in [0.15, 0.2) is 5.71 Å². The molecule has 5 rings (SSSR count). The summed E-state index contributed by atoms with van der Waals surface area (Å²) < 4.78 is 42.0. The van der Waals surface area contributed by atoms with Gasteiger partial charge in [0.2, 0.25) is 11.5 Å². The summed E-state index contributed by atoms with van der Waals surface area (Å²) in [6.45, 7) is 15.0. The number of ketones is 1. The second-order valence-electron chi connectivity index (χ2n) is 15.5. The lowest BCUT2D eigenvalue weighted by atomic mass is 9.77. The molecule has 0 unspecified atom stereocenters. The lowest BCUT2D eigenvalue weighted by Gasteiger charge is -2.29. The number of nitrogens with zero attached hydrogens (tertiary/aromatic N) is 2. The van der Waals surface area contributed by atoms with Gasteiger partial charge in [-0.15, -0.1) is 0 Å². The molecule has 51 heavy (non-hydrogen) atoms. The molecule has 274 valence electrons. The number of hydrogen-bond acceptors (Lipinski definition) is 7. The van der Waals surface area contributed by atoms with E-state index >= 15 is 0 Å². The van der Waals surface area contributed by atoms with Gasteiger partial charge < -0.3 is 14.7 Å². The SMILES string of the molecule is CC(C)(C)OC(=O)CCCCCN1/C(=C/C2=C(O)C(=C\C3=[N+](CCCS(=O)(=O)O)c4ccc(I)cc4C3(C)C)/C2=O)C(C)(C)c2cc(I)ccc21. The fourth-order valence-electron chi connectivity index (χ4n) is 7.19. The van der Waals surface area contributed by atoms with Gasteiger partial charge in [-0.1, -0.05) is 20.3 Å². The molecule has 0 bridgehead atoms. The second kappa shape index (κ2) is 14.7. The average molecular weight is 942 g/mol. The molecule has 2 aliphatic heterocycles. The number of aliphatic hydroxyl groups is 1. The molecule has 0 aromatic heterocycles. The van der Waals surface area contributed by atoms with Crippen molar-refractivity contribution < 1.29 is 37.0 Å². The third-order valence-corrected chi connectivity index (χ3v) is 11.9. The molecule has 2 heterocycles. The van der Waals surface area contributed by atoms with Gasteiger partial charge in [-0.05, 0) is 135 Å². The molecule has 0 atom stereocenters. The first kappa shape index (κ1) is 39.6. The molecule has 0 saturated heterocycles. The molecular formula is C39H47I2N2O7S+. The van der Waals surface area contributed by atoms with E-state index in [-0.39, 0.29) is 40.8 Å². The Morgan fingerprint density at radius 2 is 1.59 bits per heavy atom. The van der Waals surface area contributed by atoms with E-state index in [9.17, 15) is 27.7 Å². The minimum absolute atomic E-state index is 0.0714. The van der Waals surface area contributed by atoms with Gasteiger partial charge in [-0.2, -0.15) is 13.0 Å². The highest BCUT2D eigenvalue weighted by Gasteiger charge is 2.47. The summed E-state index contributed by atoms with van der Waals surface area (Å²) in [6.07, 6.45) is 6.49. The number of halogens is 2. The zero-order valence-electron chi connectivity index (χ0n) is 30.3. The number of fused-ring (bicyclic) bond motifs is 2. The van der Waals surface area contributed by atoms with E-state index in [0.29, 0.717) is 25.9 Å². The van der Waals surface area contributed by atoms with Crippen LogP contribution in [0.3, 0.4) is 0 Å². The number of allylic oxidation sites excluding steroid dienone is 5. The fraction of sp³-hybridized carbons (Fsp3) is 0.462. The summed E-state index contributed by atoms with van der Waals surface area (Å²) in [4.78, 5) is 28.4. The van der Waals surface area contributed by atoms with Crippen LogP contribution in [0.4, 0.5) is 11.4 Å². The Morgan fingerprint density at radius 3 is 2.22 bits per heavy atom. The molecule has 0 amide bonds. The number of esters is 1. The van der Waals surface area contributed by atoms with Crippen molar-refractivity contribution in [1.82, 2.24) is 0 Å².